The molecule has 0 spiro atoms. The Labute approximate surface area is 193 Å². The summed E-state index contributed by atoms with van der Waals surface area (Å²) in [4.78, 5) is 12.2. The zero-order valence-corrected chi connectivity index (χ0v) is 19.8. The Morgan fingerprint density at radius 2 is 1.56 bits per heavy atom. The Morgan fingerprint density at radius 1 is 0.969 bits per heavy atom. The van der Waals surface area contributed by atoms with Gasteiger partial charge in [0.25, 0.3) is 0 Å². The Morgan fingerprint density at radius 3 is 2.12 bits per heavy atom. The number of hydrogen-bond donors (Lipinski definition) is 2. The Kier molecular flexibility index (Phi) is 13.4. The van der Waals surface area contributed by atoms with Crippen LogP contribution in [0, 0.1) is 0 Å². The van der Waals surface area contributed by atoms with E-state index in [0.29, 0.717) is 6.42 Å². The fraction of sp³-hybridized carbons (Fsp3) is 0.880. The van der Waals surface area contributed by atoms with Gasteiger partial charge in [-0.25, -0.2) is 0 Å². The molecule has 32 heavy (non-hydrogen) atoms. The molecule has 7 heteroatoms. The van der Waals surface area contributed by atoms with Crippen LogP contribution in [0.2, 0.25) is 0 Å². The summed E-state index contributed by atoms with van der Waals surface area (Å²) in [7, 11) is 0. The molecule has 2 N–H and O–H groups in total. The van der Waals surface area contributed by atoms with E-state index < -0.39 is 30.7 Å². The van der Waals surface area contributed by atoms with Crippen LogP contribution in [0.3, 0.4) is 0 Å². The summed E-state index contributed by atoms with van der Waals surface area (Å²) in [6, 6.07) is 0. The Balaban J connectivity index is 1.45. The summed E-state index contributed by atoms with van der Waals surface area (Å²) in [6.07, 6.45) is 17.9. The van der Waals surface area contributed by atoms with Crippen molar-refractivity contribution in [1.82, 2.24) is 0 Å². The molecule has 0 saturated carbocycles. The molecule has 2 saturated heterocycles. The number of aliphatic hydroxyl groups excluding tert-OH is 2. The van der Waals surface area contributed by atoms with Gasteiger partial charge in [0.05, 0.1) is 6.61 Å². The summed E-state index contributed by atoms with van der Waals surface area (Å²) in [5, 5.41) is 19.6. The number of esters is 1. The fourth-order valence-electron chi connectivity index (χ4n) is 4.22. The van der Waals surface area contributed by atoms with Crippen molar-refractivity contribution in [2.75, 3.05) is 20.0 Å². The van der Waals surface area contributed by atoms with Gasteiger partial charge in [0, 0.05) is 6.42 Å². The molecule has 2 aliphatic rings. The number of aliphatic hydroxyl groups is 2. The van der Waals surface area contributed by atoms with Crippen molar-refractivity contribution in [3.8, 4) is 0 Å². The second-order valence-electron chi connectivity index (χ2n) is 8.99. The molecule has 2 rings (SSSR count). The Bertz CT molecular complexity index is 527. The number of ether oxygens (including phenoxy) is 4. The van der Waals surface area contributed by atoms with Crippen LogP contribution in [-0.2, 0) is 23.7 Å². The lowest BCUT2D eigenvalue weighted by molar-refractivity contribution is -0.438. The second kappa shape index (κ2) is 15.8. The van der Waals surface area contributed by atoms with Gasteiger partial charge in [0.1, 0.15) is 12.7 Å². The van der Waals surface area contributed by atoms with E-state index in [0.717, 1.165) is 25.7 Å². The maximum absolute atomic E-state index is 12.2. The molecule has 2 heterocycles. The Hall–Kier alpha value is -0.990. The van der Waals surface area contributed by atoms with E-state index in [1.807, 2.05) is 0 Å². The molecule has 0 aromatic rings. The van der Waals surface area contributed by atoms with Gasteiger partial charge in [0.15, 0.2) is 19.0 Å². The number of carbonyl (C=O) groups excluding carboxylic acids is 1. The fourth-order valence-corrected chi connectivity index (χ4v) is 4.22. The summed E-state index contributed by atoms with van der Waals surface area (Å²) in [6.45, 7) is 1.89. The van der Waals surface area contributed by atoms with Crippen LogP contribution in [0.5, 0.6) is 0 Å². The van der Waals surface area contributed by atoms with Gasteiger partial charge >= 0.3 is 5.97 Å². The molecule has 2 fully saturated rings. The molecule has 0 bridgehead atoms. The average molecular weight is 457 g/mol. The minimum absolute atomic E-state index is 0.0183. The van der Waals surface area contributed by atoms with E-state index in [1.54, 1.807) is 0 Å². The monoisotopic (exact) mass is 456 g/mol. The lowest BCUT2D eigenvalue weighted by Crippen LogP contribution is -2.62. The predicted molar refractivity (Wildman–Crippen MR) is 122 cm³/mol. The van der Waals surface area contributed by atoms with E-state index in [-0.39, 0.29) is 19.4 Å². The highest BCUT2D eigenvalue weighted by Crippen LogP contribution is 2.36. The van der Waals surface area contributed by atoms with Crippen molar-refractivity contribution in [3.63, 3.8) is 0 Å². The summed E-state index contributed by atoms with van der Waals surface area (Å²) in [5.41, 5.74) is 0. The van der Waals surface area contributed by atoms with Crippen molar-refractivity contribution in [1.29, 1.82) is 0 Å². The van der Waals surface area contributed by atoms with Gasteiger partial charge < -0.3 is 29.2 Å². The molecule has 0 aromatic carbocycles. The number of hydrogen-bond acceptors (Lipinski definition) is 7. The normalized spacial score (nSPS) is 24.7. The smallest absolute Gasteiger partial charge is 0.306 e. The molecule has 7 nitrogen and oxygen atoms in total. The van der Waals surface area contributed by atoms with Crippen LogP contribution in [0.25, 0.3) is 0 Å². The number of carbonyl (C=O) groups is 1. The second-order valence-corrected chi connectivity index (χ2v) is 8.99. The van der Waals surface area contributed by atoms with E-state index in [2.05, 4.69) is 19.1 Å². The van der Waals surface area contributed by atoms with Crippen LogP contribution >= 0.6 is 0 Å². The first-order valence-corrected chi connectivity index (χ1v) is 12.7. The first-order valence-electron chi connectivity index (χ1n) is 12.7. The molecule has 186 valence electrons. The minimum Gasteiger partial charge on any atom is -0.456 e. The zero-order valence-electron chi connectivity index (χ0n) is 19.8. The third-order valence-electron chi connectivity index (χ3n) is 6.29. The zero-order chi connectivity index (χ0) is 23.1. The summed E-state index contributed by atoms with van der Waals surface area (Å²) in [5.74, 6) is -1.71. The number of unbranched alkanes of at least 4 members (excludes halogenated alkanes) is 11. The third kappa shape index (κ3) is 9.10. The van der Waals surface area contributed by atoms with E-state index >= 15 is 0 Å². The van der Waals surface area contributed by atoms with Crippen LogP contribution in [0.1, 0.15) is 96.8 Å². The summed E-state index contributed by atoms with van der Waals surface area (Å²) >= 11 is 0. The molecule has 0 amide bonds. The largest absolute Gasteiger partial charge is 0.456 e. The first-order chi connectivity index (χ1) is 15.6. The van der Waals surface area contributed by atoms with Crippen molar-refractivity contribution in [3.05, 3.63) is 12.2 Å². The van der Waals surface area contributed by atoms with Crippen LogP contribution in [0.15, 0.2) is 12.2 Å². The highest BCUT2D eigenvalue weighted by atomic mass is 16.9. The molecule has 0 radical (unpaired) electrons. The van der Waals surface area contributed by atoms with Gasteiger partial charge in [0.2, 0.25) is 5.79 Å². The van der Waals surface area contributed by atoms with Crippen LogP contribution in [0.4, 0.5) is 0 Å². The van der Waals surface area contributed by atoms with E-state index in [1.165, 1.54) is 57.8 Å². The molecular formula is C25H44O7. The van der Waals surface area contributed by atoms with Gasteiger partial charge in [-0.2, -0.15) is 0 Å². The van der Waals surface area contributed by atoms with Crippen LogP contribution in [-0.4, -0.2) is 60.3 Å². The van der Waals surface area contributed by atoms with Crippen molar-refractivity contribution >= 4 is 5.97 Å². The molecule has 0 aromatic heterocycles. The summed E-state index contributed by atoms with van der Waals surface area (Å²) < 4.78 is 21.5. The maximum atomic E-state index is 12.2. The highest BCUT2D eigenvalue weighted by Gasteiger charge is 2.57. The molecule has 3 atom stereocenters. The standard InChI is InChI=1S/C25H44O7/c1-2-3-4-5-6-7-8-9-10-11-12-13-14-15-16-17-22(28)32-23-21(27)18-29-24(23)25(19-26)30-20-31-25/h9-10,21,23-24,26-27H,2-8,11-20H2,1H3/b10-9-/t21-,23+,24-/m0/s1. The molecular weight excluding hydrogens is 412 g/mol. The quantitative estimate of drug-likeness (QED) is 0.179. The average Bonchev–Trinajstić information content (AvgIpc) is 3.11. The van der Waals surface area contributed by atoms with Crippen molar-refractivity contribution in [2.24, 2.45) is 0 Å². The van der Waals surface area contributed by atoms with E-state index in [9.17, 15) is 15.0 Å². The van der Waals surface area contributed by atoms with Gasteiger partial charge in [-0.05, 0) is 32.1 Å². The SMILES string of the molecule is CCCCCCCC/C=C\CCCCCCCC(=O)O[C@@H]1[C@@H](O)CO[C@@H]1C1(CO)OCO1. The molecule has 0 aliphatic carbocycles. The molecule has 0 unspecified atom stereocenters. The van der Waals surface area contributed by atoms with Crippen LogP contribution < -0.4 is 0 Å². The predicted octanol–water partition coefficient (Wildman–Crippen LogP) is 4.39. The highest BCUT2D eigenvalue weighted by molar-refractivity contribution is 5.69. The first kappa shape index (κ1) is 27.3. The number of rotatable bonds is 18. The van der Waals surface area contributed by atoms with E-state index in [4.69, 9.17) is 18.9 Å². The maximum Gasteiger partial charge on any atom is 0.306 e. The lowest BCUT2D eigenvalue weighted by Gasteiger charge is -2.44. The van der Waals surface area contributed by atoms with Gasteiger partial charge in [-0.15, -0.1) is 0 Å². The lowest BCUT2D eigenvalue weighted by atomic mass is 10.0. The molecule has 2 aliphatic heterocycles. The number of allylic oxidation sites excluding steroid dienone is 2. The van der Waals surface area contributed by atoms with Crippen molar-refractivity contribution in [2.45, 2.75) is 121 Å². The minimum atomic E-state index is -1.34. The van der Waals surface area contributed by atoms with Crippen molar-refractivity contribution < 1.29 is 34.0 Å². The topological polar surface area (TPSA) is 94.5 Å². The third-order valence-corrected chi connectivity index (χ3v) is 6.29. The van der Waals surface area contributed by atoms with Gasteiger partial charge in [-0.1, -0.05) is 70.4 Å². The van der Waals surface area contributed by atoms with Gasteiger partial charge in [-0.3, -0.25) is 4.79 Å².